The molecule has 0 unspecified atom stereocenters. The highest BCUT2D eigenvalue weighted by atomic mass is 79.9. The van der Waals surface area contributed by atoms with Gasteiger partial charge in [0.15, 0.2) is 11.5 Å². The zero-order valence-corrected chi connectivity index (χ0v) is 16.7. The Hall–Kier alpha value is -0.490. The van der Waals surface area contributed by atoms with E-state index in [1.807, 2.05) is 13.0 Å². The van der Waals surface area contributed by atoms with Crippen molar-refractivity contribution >= 4 is 28.3 Å². The van der Waals surface area contributed by atoms with Crippen LogP contribution < -0.4 is 14.8 Å². The van der Waals surface area contributed by atoms with E-state index in [2.05, 4.69) is 34.2 Å². The fourth-order valence-corrected chi connectivity index (χ4v) is 2.57. The average Bonchev–Trinajstić information content (AvgIpc) is 2.52. The van der Waals surface area contributed by atoms with Crippen molar-refractivity contribution in [3.05, 3.63) is 22.2 Å². The molecule has 0 fully saturated rings. The summed E-state index contributed by atoms with van der Waals surface area (Å²) in [5, 5.41) is 3.43. The molecule has 1 aromatic carbocycles. The van der Waals surface area contributed by atoms with Crippen LogP contribution in [0.25, 0.3) is 0 Å². The summed E-state index contributed by atoms with van der Waals surface area (Å²) >= 11 is 3.51. The van der Waals surface area contributed by atoms with Crippen LogP contribution >= 0.6 is 28.3 Å². The number of rotatable bonds is 12. The summed E-state index contributed by atoms with van der Waals surface area (Å²) in [5.74, 6) is 1.58. The molecule has 0 aliphatic heterocycles. The number of benzene rings is 1. The summed E-state index contributed by atoms with van der Waals surface area (Å²) in [4.78, 5) is 0. The summed E-state index contributed by atoms with van der Waals surface area (Å²) in [7, 11) is 1.66. The lowest BCUT2D eigenvalue weighted by molar-refractivity contribution is 0.128. The molecule has 23 heavy (non-hydrogen) atoms. The fourth-order valence-electron chi connectivity index (χ4n) is 2.08. The number of nitrogens with one attached hydrogen (secondary N) is 1. The third kappa shape index (κ3) is 8.80. The normalized spacial score (nSPS) is 10.3. The van der Waals surface area contributed by atoms with Crippen LogP contribution in [-0.4, -0.2) is 33.5 Å². The highest BCUT2D eigenvalue weighted by Crippen LogP contribution is 2.34. The largest absolute Gasteiger partial charge is 0.493 e. The van der Waals surface area contributed by atoms with Crippen LogP contribution in [0.1, 0.15) is 38.7 Å². The Morgan fingerprint density at radius 1 is 1.13 bits per heavy atom. The van der Waals surface area contributed by atoms with Gasteiger partial charge in [-0.2, -0.15) is 0 Å². The molecule has 0 atom stereocenters. The smallest absolute Gasteiger partial charge is 0.165 e. The van der Waals surface area contributed by atoms with E-state index in [1.54, 1.807) is 7.11 Å². The number of halogens is 2. The molecule has 4 nitrogen and oxygen atoms in total. The summed E-state index contributed by atoms with van der Waals surface area (Å²) in [5.41, 5.74) is 1.10. The van der Waals surface area contributed by atoms with Crippen LogP contribution in [0, 0.1) is 0 Å². The van der Waals surface area contributed by atoms with Crippen molar-refractivity contribution in [2.24, 2.45) is 0 Å². The van der Waals surface area contributed by atoms with Gasteiger partial charge in [0.2, 0.25) is 0 Å². The lowest BCUT2D eigenvalue weighted by atomic mass is 10.2. The van der Waals surface area contributed by atoms with Crippen molar-refractivity contribution < 1.29 is 14.2 Å². The molecule has 6 heteroatoms. The van der Waals surface area contributed by atoms with Gasteiger partial charge in [0.05, 0.1) is 13.7 Å². The number of methoxy groups -OCH3 is 1. The summed E-state index contributed by atoms with van der Waals surface area (Å²) < 4.78 is 17.7. The van der Waals surface area contributed by atoms with Gasteiger partial charge in [-0.15, -0.1) is 12.4 Å². The third-order valence-corrected chi connectivity index (χ3v) is 3.66. The van der Waals surface area contributed by atoms with E-state index < -0.39 is 0 Å². The SMILES string of the molecule is CCCCOCCCNCc1cc(Br)cc(OC)c1OCC.Cl. The van der Waals surface area contributed by atoms with E-state index in [0.29, 0.717) is 6.61 Å². The van der Waals surface area contributed by atoms with Crippen molar-refractivity contribution in [1.82, 2.24) is 5.32 Å². The second kappa shape index (κ2) is 13.9. The number of unbranched alkanes of at least 4 members (excludes halogenated alkanes) is 1. The van der Waals surface area contributed by atoms with Crippen LogP contribution in [0.2, 0.25) is 0 Å². The first-order valence-electron chi connectivity index (χ1n) is 8.00. The Bertz CT molecular complexity index is 433. The van der Waals surface area contributed by atoms with Gasteiger partial charge in [-0.1, -0.05) is 29.3 Å². The van der Waals surface area contributed by atoms with Gasteiger partial charge in [0.1, 0.15) is 0 Å². The first kappa shape index (κ1) is 22.5. The lowest BCUT2D eigenvalue weighted by Gasteiger charge is -2.15. The first-order chi connectivity index (χ1) is 10.7. The zero-order valence-electron chi connectivity index (χ0n) is 14.3. The maximum atomic E-state index is 5.73. The Morgan fingerprint density at radius 2 is 1.87 bits per heavy atom. The molecule has 1 N–H and O–H groups in total. The molecule has 0 bridgehead atoms. The van der Waals surface area contributed by atoms with Gasteiger partial charge in [-0.05, 0) is 38.4 Å². The van der Waals surface area contributed by atoms with E-state index in [-0.39, 0.29) is 12.4 Å². The highest BCUT2D eigenvalue weighted by Gasteiger charge is 2.12. The summed E-state index contributed by atoms with van der Waals surface area (Å²) in [6, 6.07) is 3.99. The molecule has 134 valence electrons. The average molecular weight is 411 g/mol. The maximum Gasteiger partial charge on any atom is 0.165 e. The predicted molar refractivity (Wildman–Crippen MR) is 101 cm³/mol. The van der Waals surface area contributed by atoms with Crippen molar-refractivity contribution in [3.8, 4) is 11.5 Å². The molecule has 0 radical (unpaired) electrons. The van der Waals surface area contributed by atoms with E-state index in [9.17, 15) is 0 Å². The second-order valence-electron chi connectivity index (χ2n) is 5.03. The van der Waals surface area contributed by atoms with Crippen LogP contribution in [0.4, 0.5) is 0 Å². The minimum absolute atomic E-state index is 0. The maximum absolute atomic E-state index is 5.73. The second-order valence-corrected chi connectivity index (χ2v) is 5.94. The molecule has 1 rings (SSSR count). The first-order valence-corrected chi connectivity index (χ1v) is 8.79. The van der Waals surface area contributed by atoms with Crippen LogP contribution in [0.5, 0.6) is 11.5 Å². The molecular formula is C17H29BrClNO3. The van der Waals surface area contributed by atoms with Crippen LogP contribution in [0.3, 0.4) is 0 Å². The minimum Gasteiger partial charge on any atom is -0.493 e. The number of ether oxygens (including phenoxy) is 3. The summed E-state index contributed by atoms with van der Waals surface area (Å²) in [6.07, 6.45) is 3.34. The van der Waals surface area contributed by atoms with Crippen LogP contribution in [0.15, 0.2) is 16.6 Å². The van der Waals surface area contributed by atoms with E-state index in [4.69, 9.17) is 14.2 Å². The van der Waals surface area contributed by atoms with Crippen LogP contribution in [-0.2, 0) is 11.3 Å². The van der Waals surface area contributed by atoms with Gasteiger partial charge < -0.3 is 19.5 Å². The molecule has 0 aromatic heterocycles. The Labute approximate surface area is 154 Å². The molecule has 1 aromatic rings. The zero-order chi connectivity index (χ0) is 16.2. The standard InChI is InChI=1S/C17H28BrNO3.ClH/c1-4-6-9-21-10-7-8-19-13-14-11-15(18)12-16(20-3)17(14)22-5-2;/h11-12,19H,4-10,13H2,1-3H3;1H. The molecule has 0 heterocycles. The minimum atomic E-state index is 0. The topological polar surface area (TPSA) is 39.7 Å². The molecule has 0 saturated carbocycles. The predicted octanol–water partition coefficient (Wildman–Crippen LogP) is 4.57. The van der Waals surface area contributed by atoms with E-state index in [0.717, 1.165) is 60.7 Å². The molecule has 0 aliphatic rings. The Kier molecular flexibility index (Phi) is 13.6. The molecule has 0 aliphatic carbocycles. The quantitative estimate of drug-likeness (QED) is 0.512. The monoisotopic (exact) mass is 409 g/mol. The number of hydrogen-bond donors (Lipinski definition) is 1. The van der Waals surface area contributed by atoms with Gasteiger partial charge in [0.25, 0.3) is 0 Å². The Balaban J connectivity index is 0.00000484. The Morgan fingerprint density at radius 3 is 2.52 bits per heavy atom. The molecule has 0 amide bonds. The highest BCUT2D eigenvalue weighted by molar-refractivity contribution is 9.10. The third-order valence-electron chi connectivity index (χ3n) is 3.21. The van der Waals surface area contributed by atoms with Crippen molar-refractivity contribution in [2.75, 3.05) is 33.5 Å². The van der Waals surface area contributed by atoms with Crippen molar-refractivity contribution in [3.63, 3.8) is 0 Å². The summed E-state index contributed by atoms with van der Waals surface area (Å²) in [6.45, 7) is 8.13. The van der Waals surface area contributed by atoms with Crippen molar-refractivity contribution in [1.29, 1.82) is 0 Å². The molecule has 0 saturated heterocycles. The van der Waals surface area contributed by atoms with Crippen molar-refractivity contribution in [2.45, 2.75) is 39.7 Å². The molecule has 0 spiro atoms. The van der Waals surface area contributed by atoms with Gasteiger partial charge in [-0.25, -0.2) is 0 Å². The molecular weight excluding hydrogens is 382 g/mol. The van der Waals surface area contributed by atoms with Gasteiger partial charge in [-0.3, -0.25) is 0 Å². The lowest BCUT2D eigenvalue weighted by Crippen LogP contribution is -2.17. The van der Waals surface area contributed by atoms with Gasteiger partial charge in [0, 0.05) is 29.8 Å². The van der Waals surface area contributed by atoms with E-state index in [1.165, 1.54) is 6.42 Å². The van der Waals surface area contributed by atoms with Gasteiger partial charge >= 0.3 is 0 Å². The number of hydrogen-bond acceptors (Lipinski definition) is 4. The van der Waals surface area contributed by atoms with E-state index >= 15 is 0 Å². The fraction of sp³-hybridized carbons (Fsp3) is 0.647.